The second kappa shape index (κ2) is 8.49. The van der Waals surface area contributed by atoms with Gasteiger partial charge in [-0.3, -0.25) is 0 Å². The topological polar surface area (TPSA) is 25.8 Å². The van der Waals surface area contributed by atoms with Gasteiger partial charge in [0.25, 0.3) is 0 Å². The van der Waals surface area contributed by atoms with Crippen molar-refractivity contribution >= 4 is 11.0 Å². The zero-order valence-electron chi connectivity index (χ0n) is 25.1. The molecule has 0 unspecified atom stereocenters. The van der Waals surface area contributed by atoms with Crippen LogP contribution in [0.25, 0.3) is 55.5 Å². The average Bonchev–Trinajstić information content (AvgIpc) is 3.36. The molecule has 0 amide bonds. The van der Waals surface area contributed by atoms with E-state index in [0.29, 0.717) is 0 Å². The van der Waals surface area contributed by atoms with Crippen molar-refractivity contribution in [2.24, 2.45) is 0 Å². The summed E-state index contributed by atoms with van der Waals surface area (Å²) in [7, 11) is 0. The normalized spacial score (nSPS) is 15.3. The Bertz CT molecular complexity index is 1960. The molecule has 4 aromatic carbocycles. The molecule has 2 aliphatic carbocycles. The predicted molar refractivity (Wildman–Crippen MR) is 175 cm³/mol. The summed E-state index contributed by atoms with van der Waals surface area (Å²) in [5, 5.41) is 1.07. The largest absolute Gasteiger partial charge is 0.233 e. The second-order valence-corrected chi connectivity index (χ2v) is 13.2. The van der Waals surface area contributed by atoms with Crippen LogP contribution in [-0.4, -0.2) is 9.97 Å². The van der Waals surface area contributed by atoms with Crippen molar-refractivity contribution in [3.05, 3.63) is 131 Å². The van der Waals surface area contributed by atoms with Gasteiger partial charge in [-0.2, -0.15) is 0 Å². The smallest absolute Gasteiger partial charge is 0.159 e. The molecule has 2 aliphatic rings. The fourth-order valence-corrected chi connectivity index (χ4v) is 7.61. The van der Waals surface area contributed by atoms with Crippen LogP contribution in [0, 0.1) is 13.8 Å². The van der Waals surface area contributed by atoms with E-state index in [-0.39, 0.29) is 10.8 Å². The van der Waals surface area contributed by atoms with E-state index < -0.39 is 0 Å². The number of pyridine rings is 2. The Morgan fingerprint density at radius 2 is 0.833 bits per heavy atom. The minimum atomic E-state index is -0.0348. The number of aromatic nitrogens is 2. The highest BCUT2D eigenvalue weighted by Gasteiger charge is 2.36. The molecule has 8 rings (SSSR count). The Labute approximate surface area is 248 Å². The molecule has 0 bridgehead atoms. The van der Waals surface area contributed by atoms with Gasteiger partial charge in [0.1, 0.15) is 0 Å². The maximum Gasteiger partial charge on any atom is 0.159 e. The number of rotatable bonds is 2. The minimum absolute atomic E-state index is 0.0348. The summed E-state index contributed by atoms with van der Waals surface area (Å²) in [6.45, 7) is 13.6. The van der Waals surface area contributed by atoms with E-state index in [4.69, 9.17) is 9.97 Å². The van der Waals surface area contributed by atoms with Gasteiger partial charge in [-0.1, -0.05) is 100 Å². The summed E-state index contributed by atoms with van der Waals surface area (Å²) in [5.74, 6) is 0. The summed E-state index contributed by atoms with van der Waals surface area (Å²) in [6.07, 6.45) is 0. The lowest BCUT2D eigenvalue weighted by atomic mass is 9.81. The van der Waals surface area contributed by atoms with Crippen LogP contribution in [0.5, 0.6) is 0 Å². The zero-order valence-corrected chi connectivity index (χ0v) is 25.1. The molecule has 0 atom stereocenters. The van der Waals surface area contributed by atoms with Gasteiger partial charge in [-0.05, 0) is 93.7 Å². The van der Waals surface area contributed by atoms with E-state index in [1.807, 2.05) is 0 Å². The first-order valence-corrected chi connectivity index (χ1v) is 14.9. The van der Waals surface area contributed by atoms with Crippen molar-refractivity contribution in [1.29, 1.82) is 0 Å². The lowest BCUT2D eigenvalue weighted by Gasteiger charge is -2.22. The van der Waals surface area contributed by atoms with Gasteiger partial charge >= 0.3 is 0 Å². The molecule has 6 aromatic rings. The third-order valence-corrected chi connectivity index (χ3v) is 9.97. The zero-order chi connectivity index (χ0) is 29.0. The Morgan fingerprint density at radius 3 is 1.29 bits per heavy atom. The van der Waals surface area contributed by atoms with E-state index in [2.05, 4.69) is 139 Å². The molecule has 2 heterocycles. The van der Waals surface area contributed by atoms with E-state index in [1.54, 1.807) is 0 Å². The van der Waals surface area contributed by atoms with Gasteiger partial charge in [0.05, 0.1) is 0 Å². The maximum absolute atomic E-state index is 5.01. The first-order valence-electron chi connectivity index (χ1n) is 14.9. The quantitative estimate of drug-likeness (QED) is 0.217. The van der Waals surface area contributed by atoms with E-state index in [0.717, 1.165) is 22.4 Å². The summed E-state index contributed by atoms with van der Waals surface area (Å²) < 4.78 is 0. The number of hydrogen-bond donors (Lipinski definition) is 0. The van der Waals surface area contributed by atoms with Crippen LogP contribution in [0.15, 0.2) is 97.1 Å². The maximum atomic E-state index is 5.01. The minimum Gasteiger partial charge on any atom is -0.233 e. The third-order valence-electron chi connectivity index (χ3n) is 9.97. The van der Waals surface area contributed by atoms with E-state index in [1.165, 1.54) is 66.8 Å². The average molecular weight is 543 g/mol. The van der Waals surface area contributed by atoms with Crippen LogP contribution in [0.4, 0.5) is 0 Å². The monoisotopic (exact) mass is 542 g/mol. The molecular weight excluding hydrogens is 508 g/mol. The molecule has 0 saturated carbocycles. The van der Waals surface area contributed by atoms with Gasteiger partial charge in [0.15, 0.2) is 5.65 Å². The van der Waals surface area contributed by atoms with Gasteiger partial charge in [0.2, 0.25) is 0 Å². The molecule has 0 radical (unpaired) electrons. The van der Waals surface area contributed by atoms with Crippen LogP contribution in [0.3, 0.4) is 0 Å². The molecule has 2 heteroatoms. The van der Waals surface area contributed by atoms with E-state index in [9.17, 15) is 0 Å². The number of fused-ring (bicyclic) bond motifs is 7. The number of hydrogen-bond acceptors (Lipinski definition) is 2. The predicted octanol–water partition coefficient (Wildman–Crippen LogP) is 10.2. The Hall–Kier alpha value is -4.56. The van der Waals surface area contributed by atoms with Crippen molar-refractivity contribution in [1.82, 2.24) is 9.97 Å². The first kappa shape index (κ1) is 25.2. The molecule has 2 aromatic heterocycles. The molecule has 42 heavy (non-hydrogen) atoms. The summed E-state index contributed by atoms with van der Waals surface area (Å²) in [5.41, 5.74) is 18.4. The number of benzene rings is 4. The summed E-state index contributed by atoms with van der Waals surface area (Å²) in [4.78, 5) is 10.0. The molecule has 0 spiro atoms. The van der Waals surface area contributed by atoms with Crippen molar-refractivity contribution in [3.8, 4) is 44.5 Å². The number of nitrogens with zero attached hydrogens (tertiary/aromatic N) is 2. The van der Waals surface area contributed by atoms with Crippen molar-refractivity contribution in [2.75, 3.05) is 0 Å². The third kappa shape index (κ3) is 3.38. The van der Waals surface area contributed by atoms with E-state index >= 15 is 0 Å². The summed E-state index contributed by atoms with van der Waals surface area (Å²) in [6, 6.07) is 36.1. The highest BCUT2D eigenvalue weighted by molar-refractivity contribution is 5.90. The molecule has 0 aliphatic heterocycles. The number of aryl methyl sites for hydroxylation is 2. The van der Waals surface area contributed by atoms with Crippen LogP contribution in [0.2, 0.25) is 0 Å². The first-order chi connectivity index (χ1) is 20.1. The Morgan fingerprint density at radius 1 is 0.429 bits per heavy atom. The molecule has 0 N–H and O–H groups in total. The van der Waals surface area contributed by atoms with Gasteiger partial charge in [0, 0.05) is 38.7 Å². The van der Waals surface area contributed by atoms with Crippen LogP contribution in [0.1, 0.15) is 61.3 Å². The molecule has 0 saturated heterocycles. The lowest BCUT2D eigenvalue weighted by molar-refractivity contribution is 0.660. The van der Waals surface area contributed by atoms with Crippen LogP contribution < -0.4 is 0 Å². The second-order valence-electron chi connectivity index (χ2n) is 13.2. The van der Waals surface area contributed by atoms with Gasteiger partial charge in [-0.15, -0.1) is 0 Å². The van der Waals surface area contributed by atoms with Crippen molar-refractivity contribution in [2.45, 2.75) is 52.4 Å². The molecule has 204 valence electrons. The van der Waals surface area contributed by atoms with Crippen molar-refractivity contribution < 1.29 is 0 Å². The summed E-state index contributed by atoms with van der Waals surface area (Å²) >= 11 is 0. The fraction of sp³-hybridized carbons (Fsp3) is 0.200. The van der Waals surface area contributed by atoms with Crippen LogP contribution >= 0.6 is 0 Å². The van der Waals surface area contributed by atoms with Gasteiger partial charge in [-0.25, -0.2) is 9.97 Å². The lowest BCUT2D eigenvalue weighted by Crippen LogP contribution is -2.15. The Kier molecular flexibility index (Phi) is 5.09. The highest BCUT2D eigenvalue weighted by atomic mass is 14.9. The molecule has 0 fully saturated rings. The molecular formula is C40H34N2. The molecule has 2 nitrogen and oxygen atoms in total. The fourth-order valence-electron chi connectivity index (χ4n) is 7.61. The Balaban J connectivity index is 1.25. The highest BCUT2D eigenvalue weighted by Crippen LogP contribution is 2.51. The van der Waals surface area contributed by atoms with Gasteiger partial charge < -0.3 is 0 Å². The van der Waals surface area contributed by atoms with Crippen molar-refractivity contribution in [3.63, 3.8) is 0 Å². The standard InChI is InChI=1S/C40H34N2/c1-23-32(25-15-17-30-28-11-7-9-13-34(28)39(3,4)36(30)21-25)19-27-20-33(24(2)42-38(27)41-23)26-16-18-31-29-12-8-10-14-35(29)40(5,6)37(31)22-26/h7-22H,1-6H3. The van der Waals surface area contributed by atoms with Crippen LogP contribution in [-0.2, 0) is 10.8 Å². The SMILES string of the molecule is Cc1nc2nc(C)c(-c3ccc4c(c3)C(C)(C)c3ccccc3-4)cc2cc1-c1ccc2c(c1)C(C)(C)c1ccccc1-2.